The highest BCUT2D eigenvalue weighted by Crippen LogP contribution is 2.48. The topological polar surface area (TPSA) is 12.1 Å². The van der Waals surface area contributed by atoms with E-state index in [2.05, 4.69) is 177 Å². The number of anilines is 3. The summed E-state index contributed by atoms with van der Waals surface area (Å²) in [7, 11) is 0. The Bertz CT molecular complexity index is 3650. The molecule has 13 aromatic rings. The van der Waals surface area contributed by atoms with Gasteiger partial charge in [-0.25, -0.2) is 0 Å². The summed E-state index contributed by atoms with van der Waals surface area (Å²) in [5.41, 5.74) is 10.9. The second-order valence-corrected chi connectivity index (χ2v) is 16.2. The lowest BCUT2D eigenvalue weighted by molar-refractivity contribution is 1.24. The number of rotatable bonds is 3. The summed E-state index contributed by atoms with van der Waals surface area (Å²) in [5.74, 6) is 0. The number of hydrogen-bond acceptors (Lipinski definition) is 3. The van der Waals surface area contributed by atoms with E-state index in [4.69, 9.17) is 0 Å². The SMILES string of the molecule is c1ccc2c(c1)sc1ccc(N(c3ccc4c(c3)n3c5ccccc5c5ccc6c7ccccc7n4c6c53)c3cccc4c3sc3ccccc34)cc12. The number of para-hydroxylation sites is 2. The molecule has 0 spiro atoms. The van der Waals surface area contributed by atoms with Crippen LogP contribution in [0.5, 0.6) is 0 Å². The Morgan fingerprint density at radius 3 is 1.62 bits per heavy atom. The largest absolute Gasteiger partial charge is 0.309 e. The fraction of sp³-hybridized carbons (Fsp3) is 0. The van der Waals surface area contributed by atoms with E-state index in [-0.39, 0.29) is 0 Å². The molecular weight excluding hydrogens is 683 g/mol. The van der Waals surface area contributed by atoms with Crippen LogP contribution in [0.25, 0.3) is 95.0 Å². The lowest BCUT2D eigenvalue weighted by atomic mass is 10.1. The first kappa shape index (κ1) is 28.2. The highest BCUT2D eigenvalue weighted by molar-refractivity contribution is 7.26. The fourth-order valence-electron chi connectivity index (χ4n) is 9.21. The predicted molar refractivity (Wildman–Crippen MR) is 230 cm³/mol. The molecule has 0 fully saturated rings. The van der Waals surface area contributed by atoms with Gasteiger partial charge in [-0.15, -0.1) is 22.7 Å². The molecule has 0 radical (unpaired) electrons. The van der Waals surface area contributed by atoms with Crippen molar-refractivity contribution in [1.29, 1.82) is 0 Å². The molecule has 0 aliphatic carbocycles. The molecule has 0 N–H and O–H groups in total. The van der Waals surface area contributed by atoms with Gasteiger partial charge in [0.15, 0.2) is 0 Å². The summed E-state index contributed by atoms with van der Waals surface area (Å²) >= 11 is 3.75. The second kappa shape index (κ2) is 10.1. The predicted octanol–water partition coefficient (Wildman–Crippen LogP) is 14.4. The highest BCUT2D eigenvalue weighted by Gasteiger charge is 2.24. The minimum absolute atomic E-state index is 1.13. The van der Waals surface area contributed by atoms with E-state index in [0.29, 0.717) is 0 Å². The second-order valence-electron chi connectivity index (χ2n) is 14.1. The molecule has 0 amide bonds. The maximum atomic E-state index is 2.53. The molecule has 0 saturated carbocycles. The maximum absolute atomic E-state index is 2.53. The molecule has 8 aromatic carbocycles. The van der Waals surface area contributed by atoms with Gasteiger partial charge in [-0.1, -0.05) is 97.1 Å². The van der Waals surface area contributed by atoms with Crippen molar-refractivity contribution in [2.24, 2.45) is 0 Å². The Balaban J connectivity index is 1.18. The minimum atomic E-state index is 1.13. The Morgan fingerprint density at radius 1 is 0.340 bits per heavy atom. The number of thiophene rings is 2. The Kier molecular flexibility index (Phi) is 5.40. The van der Waals surface area contributed by atoms with E-state index < -0.39 is 0 Å². The average molecular weight is 710 g/mol. The molecule has 0 bridgehead atoms. The molecule has 5 heteroatoms. The van der Waals surface area contributed by atoms with Gasteiger partial charge in [-0.05, 0) is 66.7 Å². The molecule has 0 aliphatic rings. The van der Waals surface area contributed by atoms with Gasteiger partial charge in [0, 0.05) is 68.6 Å². The zero-order valence-electron chi connectivity index (χ0n) is 28.2. The summed E-state index contributed by atoms with van der Waals surface area (Å²) in [5, 5.41) is 10.3. The summed E-state index contributed by atoms with van der Waals surface area (Å²) in [6.07, 6.45) is 0. The van der Waals surface area contributed by atoms with E-state index in [0.717, 1.165) is 11.4 Å². The summed E-state index contributed by atoms with van der Waals surface area (Å²) in [6.45, 7) is 0. The minimum Gasteiger partial charge on any atom is -0.309 e. The number of hydrogen-bond donors (Lipinski definition) is 0. The maximum Gasteiger partial charge on any atom is 0.0789 e. The van der Waals surface area contributed by atoms with Gasteiger partial charge in [-0.3, -0.25) is 0 Å². The quantitative estimate of drug-likeness (QED) is 0.166. The Morgan fingerprint density at radius 2 is 0.887 bits per heavy atom. The standard InChI is InChI=1S/C48H27N3S2/c1-5-15-38-30(10-1)34-22-23-35-31-11-2-6-16-39(31)51-42-27-29(20-24-40(42)50(38)46(34)47(35)51)49(28-21-25-45-37(26-28)33-13-4-7-18-43(33)52-45)41-17-9-14-36-32-12-3-8-19-44(32)53-48(36)41/h1-27H. The molecule has 3 nitrogen and oxygen atoms in total. The Hall–Kier alpha value is -6.40. The third kappa shape index (κ3) is 3.63. The average Bonchev–Trinajstić information content (AvgIpc) is 3.96. The molecule has 0 unspecified atom stereocenters. The first-order valence-electron chi connectivity index (χ1n) is 18.0. The highest BCUT2D eigenvalue weighted by atomic mass is 32.1. The zero-order chi connectivity index (χ0) is 34.4. The van der Waals surface area contributed by atoms with Crippen LogP contribution in [0.15, 0.2) is 164 Å². The number of nitrogens with zero attached hydrogens (tertiary/aromatic N) is 3. The molecule has 5 aromatic heterocycles. The van der Waals surface area contributed by atoms with Crippen LogP contribution in [0.2, 0.25) is 0 Å². The van der Waals surface area contributed by atoms with E-state index in [1.54, 1.807) is 0 Å². The molecule has 0 aliphatic heterocycles. The molecule has 13 rings (SSSR count). The lowest BCUT2D eigenvalue weighted by Crippen LogP contribution is -2.10. The molecule has 0 saturated heterocycles. The van der Waals surface area contributed by atoms with Gasteiger partial charge < -0.3 is 13.7 Å². The van der Waals surface area contributed by atoms with E-state index in [1.165, 1.54) is 101 Å². The van der Waals surface area contributed by atoms with E-state index in [1.807, 2.05) is 22.7 Å². The van der Waals surface area contributed by atoms with Crippen LogP contribution in [-0.4, -0.2) is 8.80 Å². The number of benzene rings is 8. The van der Waals surface area contributed by atoms with Gasteiger partial charge in [0.05, 0.1) is 43.5 Å². The molecule has 0 atom stereocenters. The number of aromatic nitrogens is 2. The van der Waals surface area contributed by atoms with Crippen molar-refractivity contribution in [2.75, 3.05) is 4.90 Å². The van der Waals surface area contributed by atoms with Crippen LogP contribution in [0.4, 0.5) is 17.1 Å². The van der Waals surface area contributed by atoms with Crippen LogP contribution in [0, 0.1) is 0 Å². The first-order chi connectivity index (χ1) is 26.3. The lowest BCUT2D eigenvalue weighted by Gasteiger charge is -2.27. The van der Waals surface area contributed by atoms with Gasteiger partial charge in [-0.2, -0.15) is 0 Å². The first-order valence-corrected chi connectivity index (χ1v) is 19.7. The zero-order valence-corrected chi connectivity index (χ0v) is 29.9. The van der Waals surface area contributed by atoms with Gasteiger partial charge in [0.1, 0.15) is 0 Å². The molecule has 5 heterocycles. The van der Waals surface area contributed by atoms with E-state index in [9.17, 15) is 0 Å². The van der Waals surface area contributed by atoms with Crippen LogP contribution < -0.4 is 4.90 Å². The van der Waals surface area contributed by atoms with Crippen LogP contribution in [0.1, 0.15) is 0 Å². The van der Waals surface area contributed by atoms with Crippen molar-refractivity contribution in [3.63, 3.8) is 0 Å². The van der Waals surface area contributed by atoms with Gasteiger partial charge in [0.25, 0.3) is 0 Å². The molecule has 53 heavy (non-hydrogen) atoms. The van der Waals surface area contributed by atoms with Crippen molar-refractivity contribution in [1.82, 2.24) is 8.80 Å². The normalized spacial score (nSPS) is 12.5. The summed E-state index contributed by atoms with van der Waals surface area (Å²) in [4.78, 5) is 2.50. The summed E-state index contributed by atoms with van der Waals surface area (Å²) < 4.78 is 10.3. The van der Waals surface area contributed by atoms with Crippen LogP contribution in [0.3, 0.4) is 0 Å². The summed E-state index contributed by atoms with van der Waals surface area (Å²) in [6, 6.07) is 61.0. The molecule has 246 valence electrons. The number of fused-ring (bicyclic) bond motifs is 15. The Labute approximate surface area is 310 Å². The van der Waals surface area contributed by atoms with Crippen LogP contribution >= 0.6 is 22.7 Å². The van der Waals surface area contributed by atoms with E-state index >= 15 is 0 Å². The van der Waals surface area contributed by atoms with Gasteiger partial charge in [0.2, 0.25) is 0 Å². The van der Waals surface area contributed by atoms with Gasteiger partial charge >= 0.3 is 0 Å². The van der Waals surface area contributed by atoms with Crippen LogP contribution in [-0.2, 0) is 0 Å². The van der Waals surface area contributed by atoms with Crippen molar-refractivity contribution in [2.45, 2.75) is 0 Å². The van der Waals surface area contributed by atoms with Crippen molar-refractivity contribution < 1.29 is 0 Å². The molecular formula is C48H27N3S2. The van der Waals surface area contributed by atoms with Crippen molar-refractivity contribution >= 4 is 135 Å². The monoisotopic (exact) mass is 709 g/mol. The van der Waals surface area contributed by atoms with Crippen molar-refractivity contribution in [3.05, 3.63) is 164 Å². The third-order valence-corrected chi connectivity index (χ3v) is 13.8. The van der Waals surface area contributed by atoms with Crippen molar-refractivity contribution in [3.8, 4) is 0 Å². The fourth-order valence-corrected chi connectivity index (χ4v) is 11.5. The third-order valence-electron chi connectivity index (χ3n) is 11.4. The smallest absolute Gasteiger partial charge is 0.0789 e.